The van der Waals surface area contributed by atoms with Gasteiger partial charge in [0, 0.05) is 13.3 Å². The first-order chi connectivity index (χ1) is 6.52. The SMILES string of the molecule is COC(=O)C(CC=O)C(C)OC(C)=O. The van der Waals surface area contributed by atoms with E-state index in [2.05, 4.69) is 4.74 Å². The molecule has 0 aliphatic carbocycles. The van der Waals surface area contributed by atoms with Crippen molar-refractivity contribution >= 4 is 18.2 Å². The lowest BCUT2D eigenvalue weighted by atomic mass is 10.0. The van der Waals surface area contributed by atoms with Gasteiger partial charge in [-0.25, -0.2) is 0 Å². The van der Waals surface area contributed by atoms with Crippen LogP contribution >= 0.6 is 0 Å². The molecule has 0 saturated heterocycles. The summed E-state index contributed by atoms with van der Waals surface area (Å²) in [6.07, 6.45) is -0.0620. The zero-order valence-electron chi connectivity index (χ0n) is 8.48. The Kier molecular flexibility index (Phi) is 5.52. The van der Waals surface area contributed by atoms with E-state index in [0.717, 1.165) is 0 Å². The molecule has 0 aromatic heterocycles. The lowest BCUT2D eigenvalue weighted by Gasteiger charge is -2.19. The van der Waals surface area contributed by atoms with Crippen LogP contribution in [0.5, 0.6) is 0 Å². The van der Waals surface area contributed by atoms with Crippen LogP contribution in [0.4, 0.5) is 0 Å². The van der Waals surface area contributed by atoms with Crippen molar-refractivity contribution in [3.63, 3.8) is 0 Å². The summed E-state index contributed by atoms with van der Waals surface area (Å²) >= 11 is 0. The molecular formula is C9H14O5. The number of esters is 2. The summed E-state index contributed by atoms with van der Waals surface area (Å²) in [5.41, 5.74) is 0. The highest BCUT2D eigenvalue weighted by molar-refractivity contribution is 5.76. The molecule has 2 atom stereocenters. The van der Waals surface area contributed by atoms with E-state index in [1.54, 1.807) is 6.92 Å². The molecule has 0 saturated carbocycles. The number of ether oxygens (including phenoxy) is 2. The van der Waals surface area contributed by atoms with Gasteiger partial charge in [-0.05, 0) is 6.92 Å². The average molecular weight is 202 g/mol. The van der Waals surface area contributed by atoms with Crippen LogP contribution in [0.3, 0.4) is 0 Å². The molecule has 0 heterocycles. The minimum Gasteiger partial charge on any atom is -0.469 e. The summed E-state index contributed by atoms with van der Waals surface area (Å²) in [5.74, 6) is -1.76. The maximum atomic E-state index is 11.2. The van der Waals surface area contributed by atoms with Gasteiger partial charge in [-0.1, -0.05) is 0 Å². The quantitative estimate of drug-likeness (QED) is 0.474. The van der Waals surface area contributed by atoms with Crippen molar-refractivity contribution in [2.24, 2.45) is 5.92 Å². The van der Waals surface area contributed by atoms with Crippen LogP contribution in [-0.2, 0) is 23.9 Å². The third-order valence-electron chi connectivity index (χ3n) is 1.77. The summed E-state index contributed by atoms with van der Waals surface area (Å²) in [4.78, 5) is 32.0. The Bertz CT molecular complexity index is 223. The van der Waals surface area contributed by atoms with E-state index < -0.39 is 24.0 Å². The van der Waals surface area contributed by atoms with Crippen LogP contribution in [0.15, 0.2) is 0 Å². The van der Waals surface area contributed by atoms with Crippen LogP contribution in [0.2, 0.25) is 0 Å². The van der Waals surface area contributed by atoms with Gasteiger partial charge in [-0.2, -0.15) is 0 Å². The molecule has 0 N–H and O–H groups in total. The van der Waals surface area contributed by atoms with E-state index >= 15 is 0 Å². The number of carbonyl (C=O) groups excluding carboxylic acids is 3. The number of hydrogen-bond acceptors (Lipinski definition) is 5. The Morgan fingerprint density at radius 1 is 1.43 bits per heavy atom. The Labute approximate surface area is 82.4 Å². The van der Waals surface area contributed by atoms with Gasteiger partial charge in [0.25, 0.3) is 0 Å². The van der Waals surface area contributed by atoms with Crippen molar-refractivity contribution in [1.29, 1.82) is 0 Å². The van der Waals surface area contributed by atoms with E-state index in [4.69, 9.17) is 4.74 Å². The Hall–Kier alpha value is -1.39. The third-order valence-corrected chi connectivity index (χ3v) is 1.77. The topological polar surface area (TPSA) is 69.7 Å². The predicted octanol–water partition coefficient (Wildman–Crippen LogP) is 0.316. The van der Waals surface area contributed by atoms with Crippen LogP contribution in [-0.4, -0.2) is 31.4 Å². The first-order valence-electron chi connectivity index (χ1n) is 4.21. The van der Waals surface area contributed by atoms with E-state index in [1.807, 2.05) is 0 Å². The standard InChI is InChI=1S/C9H14O5/c1-6(14-7(2)11)8(4-5-10)9(12)13-3/h5-6,8H,4H2,1-3H3. The second kappa shape index (κ2) is 6.12. The number of methoxy groups -OCH3 is 1. The van der Waals surface area contributed by atoms with Crippen LogP contribution in [0.25, 0.3) is 0 Å². The van der Waals surface area contributed by atoms with Gasteiger partial charge >= 0.3 is 11.9 Å². The number of carbonyl (C=O) groups is 3. The smallest absolute Gasteiger partial charge is 0.312 e. The van der Waals surface area contributed by atoms with Crippen LogP contribution in [0.1, 0.15) is 20.3 Å². The van der Waals surface area contributed by atoms with Crippen molar-refractivity contribution in [2.45, 2.75) is 26.4 Å². The summed E-state index contributed by atoms with van der Waals surface area (Å²) in [7, 11) is 1.22. The molecule has 0 bridgehead atoms. The molecule has 0 aromatic carbocycles. The minimum absolute atomic E-state index is 0.0128. The normalized spacial score (nSPS) is 13.9. The molecule has 0 aromatic rings. The van der Waals surface area contributed by atoms with Gasteiger partial charge in [0.1, 0.15) is 18.3 Å². The van der Waals surface area contributed by atoms with E-state index in [0.29, 0.717) is 6.29 Å². The molecular weight excluding hydrogens is 188 g/mol. The highest BCUT2D eigenvalue weighted by Crippen LogP contribution is 2.13. The maximum absolute atomic E-state index is 11.2. The molecule has 0 amide bonds. The van der Waals surface area contributed by atoms with Crippen molar-refractivity contribution in [2.75, 3.05) is 7.11 Å². The minimum atomic E-state index is -0.721. The number of hydrogen-bond donors (Lipinski definition) is 0. The molecule has 0 radical (unpaired) electrons. The molecule has 5 nitrogen and oxygen atoms in total. The molecule has 0 aliphatic heterocycles. The Morgan fingerprint density at radius 3 is 2.36 bits per heavy atom. The highest BCUT2D eigenvalue weighted by Gasteiger charge is 2.27. The van der Waals surface area contributed by atoms with Gasteiger partial charge < -0.3 is 14.3 Å². The third kappa shape index (κ3) is 4.02. The van der Waals surface area contributed by atoms with Gasteiger partial charge in [0.05, 0.1) is 7.11 Å². The van der Waals surface area contributed by atoms with E-state index in [9.17, 15) is 14.4 Å². The van der Waals surface area contributed by atoms with Crippen LogP contribution in [0, 0.1) is 5.92 Å². The molecule has 0 aliphatic rings. The number of aldehydes is 1. The monoisotopic (exact) mass is 202 g/mol. The second-order valence-corrected chi connectivity index (χ2v) is 2.85. The fraction of sp³-hybridized carbons (Fsp3) is 0.667. The average Bonchev–Trinajstić information content (AvgIpc) is 2.11. The predicted molar refractivity (Wildman–Crippen MR) is 47.4 cm³/mol. The van der Waals surface area contributed by atoms with Gasteiger partial charge in [0.15, 0.2) is 0 Å². The molecule has 14 heavy (non-hydrogen) atoms. The Morgan fingerprint density at radius 2 is 2.00 bits per heavy atom. The summed E-state index contributed by atoms with van der Waals surface area (Å²) in [5, 5.41) is 0. The van der Waals surface area contributed by atoms with Gasteiger partial charge in [-0.15, -0.1) is 0 Å². The molecule has 0 fully saturated rings. The lowest BCUT2D eigenvalue weighted by molar-refractivity contribution is -0.158. The molecule has 0 rings (SSSR count). The fourth-order valence-corrected chi connectivity index (χ4v) is 1.08. The second-order valence-electron chi connectivity index (χ2n) is 2.85. The van der Waals surface area contributed by atoms with E-state index in [1.165, 1.54) is 14.0 Å². The van der Waals surface area contributed by atoms with E-state index in [-0.39, 0.29) is 6.42 Å². The largest absolute Gasteiger partial charge is 0.469 e. The molecule has 5 heteroatoms. The molecule has 2 unspecified atom stereocenters. The van der Waals surface area contributed by atoms with Crippen molar-refractivity contribution in [3.8, 4) is 0 Å². The lowest BCUT2D eigenvalue weighted by Crippen LogP contribution is -2.31. The summed E-state index contributed by atoms with van der Waals surface area (Å²) < 4.78 is 9.27. The van der Waals surface area contributed by atoms with Crippen LogP contribution < -0.4 is 0 Å². The highest BCUT2D eigenvalue weighted by atomic mass is 16.6. The first-order valence-corrected chi connectivity index (χ1v) is 4.21. The van der Waals surface area contributed by atoms with Gasteiger partial charge in [0.2, 0.25) is 0 Å². The number of rotatable bonds is 5. The van der Waals surface area contributed by atoms with Crippen molar-refractivity contribution < 1.29 is 23.9 Å². The van der Waals surface area contributed by atoms with Gasteiger partial charge in [-0.3, -0.25) is 9.59 Å². The molecule has 80 valence electrons. The first kappa shape index (κ1) is 12.6. The zero-order chi connectivity index (χ0) is 11.1. The fourth-order valence-electron chi connectivity index (χ4n) is 1.08. The zero-order valence-corrected chi connectivity index (χ0v) is 8.48. The summed E-state index contributed by atoms with van der Waals surface area (Å²) in [6, 6.07) is 0. The molecule has 0 spiro atoms. The summed E-state index contributed by atoms with van der Waals surface area (Å²) in [6.45, 7) is 2.79. The maximum Gasteiger partial charge on any atom is 0.312 e. The van der Waals surface area contributed by atoms with Crippen molar-refractivity contribution in [3.05, 3.63) is 0 Å². The Balaban J connectivity index is 4.38. The van der Waals surface area contributed by atoms with Crippen molar-refractivity contribution in [1.82, 2.24) is 0 Å².